The average Bonchev–Trinajstić information content (AvgIpc) is 2.79. The van der Waals surface area contributed by atoms with Gasteiger partial charge in [0.1, 0.15) is 0 Å². The molecule has 2 aromatic rings. The van der Waals surface area contributed by atoms with Crippen molar-refractivity contribution in [3.63, 3.8) is 0 Å². The maximum Gasteiger partial charge on any atom is 0.269 e. The number of hydrogen-bond donors (Lipinski definition) is 2. The van der Waals surface area contributed by atoms with Gasteiger partial charge in [0, 0.05) is 49.1 Å². The number of nitrogens with one attached hydrogen (secondary N) is 2. The lowest BCUT2D eigenvalue weighted by Crippen LogP contribution is -2.45. The smallest absolute Gasteiger partial charge is 0.269 e. The Balaban J connectivity index is 1.56. The molecule has 2 N–H and O–H groups in total. The van der Waals surface area contributed by atoms with E-state index in [1.807, 2.05) is 24.3 Å². The van der Waals surface area contributed by atoms with Crippen LogP contribution in [0.2, 0.25) is 0 Å². The molecule has 170 valence electrons. The van der Waals surface area contributed by atoms with Crippen molar-refractivity contribution < 1.29 is 14.5 Å². The molecule has 0 saturated carbocycles. The zero-order chi connectivity index (χ0) is 23.1. The van der Waals surface area contributed by atoms with Crippen molar-refractivity contribution in [3.8, 4) is 0 Å². The first-order valence-corrected chi connectivity index (χ1v) is 11.0. The standard InChI is InChI=1S/C24H30N4O4/c1-17(2)11-14-25-24(30)21-5-3-4-6-22(21)27-15-12-19(13-16-27)26-23(29)18-7-9-20(10-8-18)28(31)32/h3-10,17,19H,11-16H2,1-2H3,(H,25,30)(H,26,29). The fourth-order valence-electron chi connectivity index (χ4n) is 3.78. The number of non-ortho nitro benzene ring substituents is 1. The highest BCUT2D eigenvalue weighted by atomic mass is 16.6. The van der Waals surface area contributed by atoms with E-state index in [-0.39, 0.29) is 23.5 Å². The number of piperidine rings is 1. The van der Waals surface area contributed by atoms with Gasteiger partial charge in [0.2, 0.25) is 0 Å². The second-order valence-electron chi connectivity index (χ2n) is 8.49. The van der Waals surface area contributed by atoms with Crippen LogP contribution in [0.1, 0.15) is 53.8 Å². The fourth-order valence-corrected chi connectivity index (χ4v) is 3.78. The largest absolute Gasteiger partial charge is 0.371 e. The van der Waals surface area contributed by atoms with Crippen molar-refractivity contribution in [2.45, 2.75) is 39.2 Å². The molecule has 2 aromatic carbocycles. The summed E-state index contributed by atoms with van der Waals surface area (Å²) in [6, 6.07) is 13.2. The van der Waals surface area contributed by atoms with E-state index in [0.29, 0.717) is 23.6 Å². The Bertz CT molecular complexity index is 951. The predicted molar refractivity (Wildman–Crippen MR) is 124 cm³/mol. The van der Waals surface area contributed by atoms with E-state index in [1.54, 1.807) is 0 Å². The summed E-state index contributed by atoms with van der Waals surface area (Å²) in [7, 11) is 0. The van der Waals surface area contributed by atoms with E-state index in [9.17, 15) is 19.7 Å². The molecule has 8 nitrogen and oxygen atoms in total. The number of nitrogens with zero attached hydrogens (tertiary/aromatic N) is 2. The first kappa shape index (κ1) is 23.2. The topological polar surface area (TPSA) is 105 Å². The van der Waals surface area contributed by atoms with E-state index < -0.39 is 4.92 Å². The third kappa shape index (κ3) is 6.06. The van der Waals surface area contributed by atoms with Gasteiger partial charge in [0.05, 0.1) is 10.5 Å². The maximum atomic E-state index is 12.7. The van der Waals surface area contributed by atoms with Crippen molar-refractivity contribution in [2.75, 3.05) is 24.5 Å². The molecular formula is C24H30N4O4. The molecule has 1 fully saturated rings. The Morgan fingerprint density at radius 3 is 2.34 bits per heavy atom. The highest BCUT2D eigenvalue weighted by molar-refractivity contribution is 5.99. The number of hydrogen-bond acceptors (Lipinski definition) is 5. The first-order chi connectivity index (χ1) is 15.3. The lowest BCUT2D eigenvalue weighted by atomic mass is 10.0. The van der Waals surface area contributed by atoms with Gasteiger partial charge in [-0.15, -0.1) is 0 Å². The summed E-state index contributed by atoms with van der Waals surface area (Å²) in [6.45, 7) is 6.36. The summed E-state index contributed by atoms with van der Waals surface area (Å²) in [6.07, 6.45) is 2.44. The summed E-state index contributed by atoms with van der Waals surface area (Å²) >= 11 is 0. The quantitative estimate of drug-likeness (QED) is 0.482. The summed E-state index contributed by atoms with van der Waals surface area (Å²) in [4.78, 5) is 37.6. The molecule has 8 heteroatoms. The predicted octanol–water partition coefficient (Wildman–Crippen LogP) is 3.77. The highest BCUT2D eigenvalue weighted by Crippen LogP contribution is 2.24. The molecule has 1 saturated heterocycles. The molecule has 1 aliphatic heterocycles. The molecule has 0 aliphatic carbocycles. The summed E-state index contributed by atoms with van der Waals surface area (Å²) in [5, 5.41) is 16.8. The van der Waals surface area contributed by atoms with Crippen molar-refractivity contribution in [2.24, 2.45) is 5.92 Å². The fraction of sp³-hybridized carbons (Fsp3) is 0.417. The summed E-state index contributed by atoms with van der Waals surface area (Å²) < 4.78 is 0. The van der Waals surface area contributed by atoms with Crippen molar-refractivity contribution >= 4 is 23.2 Å². The molecule has 0 spiro atoms. The molecule has 32 heavy (non-hydrogen) atoms. The van der Waals surface area contributed by atoms with Gasteiger partial charge in [0.25, 0.3) is 17.5 Å². The number of anilines is 1. The van der Waals surface area contributed by atoms with Gasteiger partial charge in [0.15, 0.2) is 0 Å². The van der Waals surface area contributed by atoms with Crippen LogP contribution in [0.4, 0.5) is 11.4 Å². The van der Waals surface area contributed by atoms with Crippen LogP contribution in [0.15, 0.2) is 48.5 Å². The zero-order valence-electron chi connectivity index (χ0n) is 18.5. The normalized spacial score (nSPS) is 14.3. The third-order valence-electron chi connectivity index (χ3n) is 5.67. The first-order valence-electron chi connectivity index (χ1n) is 11.0. The molecule has 0 bridgehead atoms. The average molecular weight is 439 g/mol. The van der Waals surface area contributed by atoms with E-state index in [2.05, 4.69) is 29.4 Å². The SMILES string of the molecule is CC(C)CCNC(=O)c1ccccc1N1CCC(NC(=O)c2ccc([N+](=O)[O-])cc2)CC1. The number of amides is 2. The van der Waals surface area contributed by atoms with Gasteiger partial charge < -0.3 is 15.5 Å². The Morgan fingerprint density at radius 2 is 1.72 bits per heavy atom. The van der Waals surface area contributed by atoms with Crippen LogP contribution >= 0.6 is 0 Å². The van der Waals surface area contributed by atoms with Crippen molar-refractivity contribution in [1.29, 1.82) is 0 Å². The molecule has 0 aromatic heterocycles. The van der Waals surface area contributed by atoms with Gasteiger partial charge in [-0.2, -0.15) is 0 Å². The molecule has 2 amide bonds. The summed E-state index contributed by atoms with van der Waals surface area (Å²) in [5.41, 5.74) is 1.95. The second-order valence-corrected chi connectivity index (χ2v) is 8.49. The second kappa shape index (κ2) is 10.7. The summed E-state index contributed by atoms with van der Waals surface area (Å²) in [5.74, 6) is 0.240. The molecule has 1 heterocycles. The van der Waals surface area contributed by atoms with Crippen LogP contribution in [-0.2, 0) is 0 Å². The minimum atomic E-state index is -0.486. The number of carbonyl (C=O) groups excluding carboxylic acids is 2. The van der Waals surface area contributed by atoms with Crippen LogP contribution in [-0.4, -0.2) is 42.4 Å². The Labute approximate surface area is 188 Å². The minimum Gasteiger partial charge on any atom is -0.371 e. The van der Waals surface area contributed by atoms with Crippen LogP contribution in [0.25, 0.3) is 0 Å². The zero-order valence-corrected chi connectivity index (χ0v) is 18.5. The number of rotatable bonds is 8. The molecule has 0 radical (unpaired) electrons. The van der Waals surface area contributed by atoms with E-state index >= 15 is 0 Å². The minimum absolute atomic E-state index is 0.0148. The Morgan fingerprint density at radius 1 is 1.06 bits per heavy atom. The van der Waals surface area contributed by atoms with Crippen molar-refractivity contribution in [1.82, 2.24) is 10.6 Å². The van der Waals surface area contributed by atoms with Crippen LogP contribution in [0, 0.1) is 16.0 Å². The molecule has 0 atom stereocenters. The number of para-hydroxylation sites is 1. The van der Waals surface area contributed by atoms with Crippen molar-refractivity contribution in [3.05, 3.63) is 69.8 Å². The van der Waals surface area contributed by atoms with E-state index in [0.717, 1.165) is 38.0 Å². The number of nitro groups is 1. The number of nitro benzene ring substituents is 1. The third-order valence-corrected chi connectivity index (χ3v) is 5.67. The van der Waals surface area contributed by atoms with Gasteiger partial charge in [-0.25, -0.2) is 0 Å². The molecular weight excluding hydrogens is 408 g/mol. The van der Waals surface area contributed by atoms with E-state index in [1.165, 1.54) is 24.3 Å². The Hall–Kier alpha value is -3.42. The van der Waals surface area contributed by atoms with Gasteiger partial charge in [-0.05, 0) is 49.4 Å². The number of carbonyl (C=O) groups is 2. The van der Waals surface area contributed by atoms with Gasteiger partial charge in [-0.3, -0.25) is 19.7 Å². The van der Waals surface area contributed by atoms with Gasteiger partial charge in [-0.1, -0.05) is 26.0 Å². The van der Waals surface area contributed by atoms with Crippen LogP contribution in [0.3, 0.4) is 0 Å². The molecule has 3 rings (SSSR count). The van der Waals surface area contributed by atoms with Crippen LogP contribution in [0.5, 0.6) is 0 Å². The monoisotopic (exact) mass is 438 g/mol. The number of benzene rings is 2. The maximum absolute atomic E-state index is 12.7. The lowest BCUT2D eigenvalue weighted by Gasteiger charge is -2.35. The molecule has 0 unspecified atom stereocenters. The lowest BCUT2D eigenvalue weighted by molar-refractivity contribution is -0.384. The Kier molecular flexibility index (Phi) is 7.81. The highest BCUT2D eigenvalue weighted by Gasteiger charge is 2.24. The van der Waals surface area contributed by atoms with Crippen LogP contribution < -0.4 is 15.5 Å². The van der Waals surface area contributed by atoms with Gasteiger partial charge >= 0.3 is 0 Å². The molecule has 1 aliphatic rings. The van der Waals surface area contributed by atoms with E-state index in [4.69, 9.17) is 0 Å².